The van der Waals surface area contributed by atoms with E-state index in [-0.39, 0.29) is 23.7 Å². The lowest BCUT2D eigenvalue weighted by atomic mass is 9.64. The van der Waals surface area contributed by atoms with E-state index in [0.717, 1.165) is 19.3 Å². The molecule has 2 rings (SSSR count). The summed E-state index contributed by atoms with van der Waals surface area (Å²) in [6.07, 6.45) is 5.24. The van der Waals surface area contributed by atoms with E-state index in [4.69, 9.17) is 0 Å². The van der Waals surface area contributed by atoms with E-state index in [9.17, 15) is 15.0 Å². The molecule has 0 amide bonds. The zero-order chi connectivity index (χ0) is 13.6. The van der Waals surface area contributed by atoms with Crippen LogP contribution in [0.5, 0.6) is 0 Å². The van der Waals surface area contributed by atoms with Gasteiger partial charge in [-0.3, -0.25) is 4.79 Å². The van der Waals surface area contributed by atoms with Gasteiger partial charge in [-0.15, -0.1) is 0 Å². The third kappa shape index (κ3) is 2.04. The highest BCUT2D eigenvalue weighted by molar-refractivity contribution is 5.91. The number of rotatable bonds is 2. The molecule has 0 radical (unpaired) electrons. The second-order valence-electron chi connectivity index (χ2n) is 6.51. The molecule has 102 valence electrons. The molecule has 0 aromatic carbocycles. The summed E-state index contributed by atoms with van der Waals surface area (Å²) in [5.74, 6) is 0.694. The lowest BCUT2D eigenvalue weighted by Gasteiger charge is -2.40. The van der Waals surface area contributed by atoms with Crippen molar-refractivity contribution >= 4 is 5.78 Å². The van der Waals surface area contributed by atoms with E-state index in [1.807, 2.05) is 6.92 Å². The predicted octanol–water partition coefficient (Wildman–Crippen LogP) is 2.07. The van der Waals surface area contributed by atoms with Crippen LogP contribution in [0.15, 0.2) is 11.6 Å². The summed E-state index contributed by atoms with van der Waals surface area (Å²) < 4.78 is 0. The van der Waals surface area contributed by atoms with Gasteiger partial charge in [0, 0.05) is 6.42 Å². The molecule has 3 heteroatoms. The van der Waals surface area contributed by atoms with Crippen molar-refractivity contribution in [3.8, 4) is 0 Å². The van der Waals surface area contributed by atoms with Crippen LogP contribution in [-0.2, 0) is 4.79 Å². The lowest BCUT2D eigenvalue weighted by molar-refractivity contribution is -0.117. The molecule has 2 N–H and O–H groups in total. The van der Waals surface area contributed by atoms with Crippen molar-refractivity contribution in [3.05, 3.63) is 11.6 Å². The van der Waals surface area contributed by atoms with Crippen molar-refractivity contribution in [3.63, 3.8) is 0 Å². The fourth-order valence-electron chi connectivity index (χ4n) is 3.87. The van der Waals surface area contributed by atoms with Gasteiger partial charge < -0.3 is 10.2 Å². The molecule has 0 heterocycles. The fraction of sp³-hybridized carbons (Fsp3) is 0.800. The molecule has 2 aliphatic rings. The van der Waals surface area contributed by atoms with Crippen LogP contribution in [0.3, 0.4) is 0 Å². The average Bonchev–Trinajstić information content (AvgIpc) is 2.73. The summed E-state index contributed by atoms with van der Waals surface area (Å²) in [6.45, 7) is 5.71. The summed E-state index contributed by atoms with van der Waals surface area (Å²) in [5.41, 5.74) is 0.241. The Morgan fingerprint density at radius 1 is 1.56 bits per heavy atom. The molecule has 2 aliphatic carbocycles. The molecule has 0 saturated heterocycles. The number of aliphatic hydroxyl groups is 2. The second-order valence-corrected chi connectivity index (χ2v) is 6.51. The molecular formula is C15H24O3. The van der Waals surface area contributed by atoms with Gasteiger partial charge in [-0.05, 0) is 56.4 Å². The number of allylic oxidation sites excluding steroid dienone is 2. The average molecular weight is 252 g/mol. The van der Waals surface area contributed by atoms with Gasteiger partial charge in [-0.25, -0.2) is 0 Å². The number of carbonyl (C=O) groups excluding carboxylic acids is 1. The van der Waals surface area contributed by atoms with E-state index >= 15 is 0 Å². The first-order chi connectivity index (χ1) is 8.32. The molecule has 18 heavy (non-hydrogen) atoms. The monoisotopic (exact) mass is 252 g/mol. The van der Waals surface area contributed by atoms with Crippen molar-refractivity contribution in [1.82, 2.24) is 0 Å². The maximum absolute atomic E-state index is 11.6. The van der Waals surface area contributed by atoms with Crippen molar-refractivity contribution in [2.24, 2.45) is 17.3 Å². The van der Waals surface area contributed by atoms with Gasteiger partial charge >= 0.3 is 0 Å². The Kier molecular flexibility index (Phi) is 3.41. The highest BCUT2D eigenvalue weighted by Crippen LogP contribution is 2.56. The Labute approximate surface area is 109 Å². The summed E-state index contributed by atoms with van der Waals surface area (Å²) in [7, 11) is 0. The van der Waals surface area contributed by atoms with Gasteiger partial charge in [0.25, 0.3) is 0 Å². The summed E-state index contributed by atoms with van der Waals surface area (Å²) in [5, 5.41) is 19.5. The number of ketones is 1. The van der Waals surface area contributed by atoms with Gasteiger partial charge in [0.2, 0.25) is 0 Å². The van der Waals surface area contributed by atoms with Gasteiger partial charge in [0.15, 0.2) is 5.78 Å². The molecule has 3 nitrogen and oxygen atoms in total. The fourth-order valence-corrected chi connectivity index (χ4v) is 3.87. The number of hydrogen-bond acceptors (Lipinski definition) is 3. The van der Waals surface area contributed by atoms with Crippen molar-refractivity contribution in [2.45, 2.75) is 52.1 Å². The molecule has 0 aliphatic heterocycles. The summed E-state index contributed by atoms with van der Waals surface area (Å²) in [4.78, 5) is 11.6. The minimum atomic E-state index is -0.995. The van der Waals surface area contributed by atoms with Crippen LogP contribution in [0.1, 0.15) is 46.5 Å². The van der Waals surface area contributed by atoms with Crippen LogP contribution in [-0.4, -0.2) is 28.2 Å². The van der Waals surface area contributed by atoms with E-state index in [2.05, 4.69) is 6.92 Å². The lowest BCUT2D eigenvalue weighted by Crippen LogP contribution is -2.39. The summed E-state index contributed by atoms with van der Waals surface area (Å²) >= 11 is 0. The third-order valence-electron chi connectivity index (χ3n) is 5.36. The Bertz CT molecular complexity index is 383. The van der Waals surface area contributed by atoms with E-state index in [1.54, 1.807) is 13.0 Å². The van der Waals surface area contributed by atoms with Crippen LogP contribution in [0.2, 0.25) is 0 Å². The van der Waals surface area contributed by atoms with Crippen LogP contribution in [0.25, 0.3) is 0 Å². The van der Waals surface area contributed by atoms with Crippen molar-refractivity contribution in [2.75, 3.05) is 6.61 Å². The van der Waals surface area contributed by atoms with E-state index in [0.29, 0.717) is 12.3 Å². The first-order valence-electron chi connectivity index (χ1n) is 6.86. The third-order valence-corrected chi connectivity index (χ3v) is 5.36. The molecule has 0 unspecified atom stereocenters. The first kappa shape index (κ1) is 13.8. The molecule has 1 fully saturated rings. The predicted molar refractivity (Wildman–Crippen MR) is 70.0 cm³/mol. The minimum absolute atomic E-state index is 0.0672. The zero-order valence-electron chi connectivity index (χ0n) is 11.6. The normalized spacial score (nSPS) is 39.8. The zero-order valence-corrected chi connectivity index (χ0v) is 11.6. The molecule has 1 saturated carbocycles. The topological polar surface area (TPSA) is 57.5 Å². The molecular weight excluding hydrogens is 228 g/mol. The smallest absolute Gasteiger partial charge is 0.155 e. The largest absolute Gasteiger partial charge is 0.393 e. The molecule has 1 spiro atoms. The van der Waals surface area contributed by atoms with Gasteiger partial charge in [0.1, 0.15) is 0 Å². The maximum atomic E-state index is 11.6. The Morgan fingerprint density at radius 3 is 2.78 bits per heavy atom. The highest BCUT2D eigenvalue weighted by Gasteiger charge is 2.50. The molecule has 0 aromatic rings. The Morgan fingerprint density at radius 2 is 2.22 bits per heavy atom. The number of hydrogen-bond donors (Lipinski definition) is 2. The molecule has 4 atom stereocenters. The first-order valence-corrected chi connectivity index (χ1v) is 6.86. The Hall–Kier alpha value is -0.670. The highest BCUT2D eigenvalue weighted by atomic mass is 16.3. The number of carbonyl (C=O) groups is 1. The van der Waals surface area contributed by atoms with Crippen molar-refractivity contribution in [1.29, 1.82) is 0 Å². The van der Waals surface area contributed by atoms with Gasteiger partial charge in [-0.2, -0.15) is 0 Å². The maximum Gasteiger partial charge on any atom is 0.155 e. The van der Waals surface area contributed by atoms with Gasteiger partial charge in [0.05, 0.1) is 12.2 Å². The van der Waals surface area contributed by atoms with E-state index < -0.39 is 5.60 Å². The minimum Gasteiger partial charge on any atom is -0.393 e. The molecule has 0 aromatic heterocycles. The molecule has 0 bridgehead atoms. The second kappa shape index (κ2) is 4.46. The van der Waals surface area contributed by atoms with Crippen LogP contribution >= 0.6 is 0 Å². The Balaban J connectivity index is 2.25. The van der Waals surface area contributed by atoms with E-state index in [1.165, 1.54) is 5.57 Å². The summed E-state index contributed by atoms with van der Waals surface area (Å²) in [6, 6.07) is 0. The van der Waals surface area contributed by atoms with Gasteiger partial charge in [-0.1, -0.05) is 12.5 Å². The SMILES string of the molecule is CC1=CC(=O)C[C@@H](C)[C@@]12CC[C@@H]([C@](C)(O)CO)C2. The van der Waals surface area contributed by atoms with Crippen molar-refractivity contribution < 1.29 is 15.0 Å². The standard InChI is InChI=1S/C15H24O3/c1-10-6-13(17)7-11(2)15(10)5-4-12(8-15)14(3,18)9-16/h6,11-12,16,18H,4-5,7-9H2,1-3H3/t11-,12-,14-,15-/m1/s1. The quantitative estimate of drug-likeness (QED) is 0.791. The number of aliphatic hydroxyl groups excluding tert-OH is 1. The van der Waals surface area contributed by atoms with Crippen LogP contribution in [0.4, 0.5) is 0 Å². The van der Waals surface area contributed by atoms with Crippen LogP contribution in [0, 0.1) is 17.3 Å². The van der Waals surface area contributed by atoms with Crippen LogP contribution < -0.4 is 0 Å².